The number of hydrogen-bond acceptors (Lipinski definition) is 2. The third-order valence-corrected chi connectivity index (χ3v) is 2.93. The minimum absolute atomic E-state index is 0.321. The van der Waals surface area contributed by atoms with Gasteiger partial charge in [0.1, 0.15) is 5.75 Å². The highest BCUT2D eigenvalue weighted by Gasteiger charge is 2.21. The van der Waals surface area contributed by atoms with Crippen LogP contribution in [-0.4, -0.2) is 20.1 Å². The summed E-state index contributed by atoms with van der Waals surface area (Å²) in [4.78, 5) is 13.5. The quantitative estimate of drug-likeness (QED) is 0.862. The van der Waals surface area contributed by atoms with Crippen molar-refractivity contribution >= 4 is 11.6 Å². The van der Waals surface area contributed by atoms with Crippen LogP contribution in [0.2, 0.25) is 0 Å². The summed E-state index contributed by atoms with van der Waals surface area (Å²) >= 11 is 0. The Hall–Kier alpha value is -2.43. The molecule has 0 fully saturated rings. The number of rotatable bonds is 3. The van der Waals surface area contributed by atoms with E-state index in [9.17, 15) is 13.6 Å². The molecule has 0 aliphatic rings. The van der Waals surface area contributed by atoms with Crippen LogP contribution in [0.25, 0.3) is 0 Å². The molecule has 2 aromatic rings. The molecule has 0 bridgehead atoms. The molecular weight excluding hydrogens is 264 g/mol. The number of ether oxygens (including phenoxy) is 1. The average molecular weight is 277 g/mol. The lowest BCUT2D eigenvalue weighted by Crippen LogP contribution is -2.27. The second-order valence-electron chi connectivity index (χ2n) is 4.14. The SMILES string of the molecule is COc1ccccc1N(C)C(=O)c1cccc(F)c1F. The predicted molar refractivity (Wildman–Crippen MR) is 72.1 cm³/mol. The molecule has 1 amide bonds. The number of benzene rings is 2. The van der Waals surface area contributed by atoms with Gasteiger partial charge in [0.25, 0.3) is 5.91 Å². The van der Waals surface area contributed by atoms with E-state index in [1.807, 2.05) is 0 Å². The van der Waals surface area contributed by atoms with Crippen molar-refractivity contribution in [2.24, 2.45) is 0 Å². The van der Waals surface area contributed by atoms with Crippen LogP contribution in [0.1, 0.15) is 10.4 Å². The Morgan fingerprint density at radius 2 is 1.80 bits per heavy atom. The van der Waals surface area contributed by atoms with Crippen LogP contribution in [-0.2, 0) is 0 Å². The van der Waals surface area contributed by atoms with E-state index in [0.717, 1.165) is 6.07 Å². The number of carbonyl (C=O) groups is 1. The van der Waals surface area contributed by atoms with Gasteiger partial charge >= 0.3 is 0 Å². The highest BCUT2D eigenvalue weighted by atomic mass is 19.2. The molecule has 3 nitrogen and oxygen atoms in total. The maximum Gasteiger partial charge on any atom is 0.261 e. The summed E-state index contributed by atoms with van der Waals surface area (Å²) in [5.74, 6) is -2.38. The first-order valence-electron chi connectivity index (χ1n) is 5.91. The van der Waals surface area contributed by atoms with Gasteiger partial charge in [-0.15, -0.1) is 0 Å². The van der Waals surface area contributed by atoms with Crippen LogP contribution in [0.15, 0.2) is 42.5 Å². The van der Waals surface area contributed by atoms with Crippen LogP contribution < -0.4 is 9.64 Å². The Kier molecular flexibility index (Phi) is 3.98. The number of amides is 1. The first-order chi connectivity index (χ1) is 9.56. The number of para-hydroxylation sites is 2. The van der Waals surface area contributed by atoms with Gasteiger partial charge in [0, 0.05) is 7.05 Å². The number of methoxy groups -OCH3 is 1. The summed E-state index contributed by atoms with van der Waals surface area (Å²) < 4.78 is 32.0. The highest BCUT2D eigenvalue weighted by Crippen LogP contribution is 2.28. The minimum atomic E-state index is -1.15. The topological polar surface area (TPSA) is 29.5 Å². The monoisotopic (exact) mass is 277 g/mol. The molecule has 104 valence electrons. The van der Waals surface area contributed by atoms with Gasteiger partial charge in [-0.25, -0.2) is 8.78 Å². The van der Waals surface area contributed by atoms with Gasteiger partial charge in [0.15, 0.2) is 11.6 Å². The molecule has 0 spiro atoms. The predicted octanol–water partition coefficient (Wildman–Crippen LogP) is 3.25. The van der Waals surface area contributed by atoms with Crippen molar-refractivity contribution in [3.63, 3.8) is 0 Å². The molecule has 0 unspecified atom stereocenters. The average Bonchev–Trinajstić information content (AvgIpc) is 2.48. The van der Waals surface area contributed by atoms with E-state index >= 15 is 0 Å². The van der Waals surface area contributed by atoms with Crippen molar-refractivity contribution in [1.82, 2.24) is 0 Å². The zero-order valence-corrected chi connectivity index (χ0v) is 11.1. The molecule has 20 heavy (non-hydrogen) atoms. The number of anilines is 1. The largest absolute Gasteiger partial charge is 0.495 e. The van der Waals surface area contributed by atoms with E-state index in [1.165, 1.54) is 31.2 Å². The zero-order valence-electron chi connectivity index (χ0n) is 11.1. The molecule has 2 aromatic carbocycles. The molecule has 0 saturated heterocycles. The Morgan fingerprint density at radius 1 is 1.10 bits per heavy atom. The zero-order chi connectivity index (χ0) is 14.7. The van der Waals surface area contributed by atoms with Gasteiger partial charge in [-0.05, 0) is 24.3 Å². The maximum absolute atomic E-state index is 13.7. The van der Waals surface area contributed by atoms with Gasteiger partial charge in [0.05, 0.1) is 18.4 Å². The molecule has 0 aromatic heterocycles. The Balaban J connectivity index is 2.40. The van der Waals surface area contributed by atoms with Crippen molar-refractivity contribution in [1.29, 1.82) is 0 Å². The highest BCUT2D eigenvalue weighted by molar-refractivity contribution is 6.06. The van der Waals surface area contributed by atoms with E-state index < -0.39 is 17.5 Å². The minimum Gasteiger partial charge on any atom is -0.495 e. The van der Waals surface area contributed by atoms with Gasteiger partial charge in [0.2, 0.25) is 0 Å². The van der Waals surface area contributed by atoms with Crippen LogP contribution in [0.5, 0.6) is 5.75 Å². The van der Waals surface area contributed by atoms with E-state index in [0.29, 0.717) is 11.4 Å². The molecule has 0 heterocycles. The van der Waals surface area contributed by atoms with Crippen molar-refractivity contribution in [3.05, 3.63) is 59.7 Å². The number of nitrogens with zero attached hydrogens (tertiary/aromatic N) is 1. The maximum atomic E-state index is 13.7. The molecule has 0 saturated carbocycles. The van der Waals surface area contributed by atoms with Gasteiger partial charge in [-0.3, -0.25) is 4.79 Å². The van der Waals surface area contributed by atoms with Crippen LogP contribution in [0.4, 0.5) is 14.5 Å². The summed E-state index contributed by atoms with van der Waals surface area (Å²) in [6.45, 7) is 0. The normalized spacial score (nSPS) is 10.2. The van der Waals surface area contributed by atoms with E-state index in [2.05, 4.69) is 0 Å². The fraction of sp³-hybridized carbons (Fsp3) is 0.133. The first kappa shape index (κ1) is 14.0. The Bertz CT molecular complexity index is 644. The Morgan fingerprint density at radius 3 is 2.50 bits per heavy atom. The summed E-state index contributed by atoms with van der Waals surface area (Å²) in [6.07, 6.45) is 0. The van der Waals surface area contributed by atoms with Crippen LogP contribution >= 0.6 is 0 Å². The molecule has 5 heteroatoms. The summed E-state index contributed by atoms with van der Waals surface area (Å²) in [5, 5.41) is 0. The van der Waals surface area contributed by atoms with Crippen molar-refractivity contribution in [2.45, 2.75) is 0 Å². The van der Waals surface area contributed by atoms with Gasteiger partial charge in [-0.1, -0.05) is 18.2 Å². The molecule has 0 N–H and O–H groups in total. The first-order valence-corrected chi connectivity index (χ1v) is 5.91. The van der Waals surface area contributed by atoms with Crippen LogP contribution in [0, 0.1) is 11.6 Å². The molecular formula is C15H13F2NO2. The third kappa shape index (κ3) is 2.47. The summed E-state index contributed by atoms with van der Waals surface area (Å²) in [5.41, 5.74) is 0.155. The fourth-order valence-electron chi connectivity index (χ4n) is 1.87. The van der Waals surface area contributed by atoms with Gasteiger partial charge < -0.3 is 9.64 Å². The van der Waals surface area contributed by atoms with Crippen molar-refractivity contribution < 1.29 is 18.3 Å². The smallest absolute Gasteiger partial charge is 0.261 e. The number of hydrogen-bond donors (Lipinski definition) is 0. The van der Waals surface area contributed by atoms with E-state index in [1.54, 1.807) is 24.3 Å². The fourth-order valence-corrected chi connectivity index (χ4v) is 1.87. The van der Waals surface area contributed by atoms with Crippen molar-refractivity contribution in [3.8, 4) is 5.75 Å². The number of carbonyl (C=O) groups excluding carboxylic acids is 1. The van der Waals surface area contributed by atoms with E-state index in [-0.39, 0.29) is 5.56 Å². The number of halogens is 2. The lowest BCUT2D eigenvalue weighted by molar-refractivity contribution is 0.0987. The lowest BCUT2D eigenvalue weighted by Gasteiger charge is -2.20. The molecule has 2 rings (SSSR count). The standard InChI is InChI=1S/C15H13F2NO2/c1-18(12-8-3-4-9-13(12)20-2)15(19)10-6-5-7-11(16)14(10)17/h3-9H,1-2H3. The second kappa shape index (κ2) is 5.69. The third-order valence-electron chi connectivity index (χ3n) is 2.93. The summed E-state index contributed by atoms with van der Waals surface area (Å²) in [7, 11) is 2.95. The van der Waals surface area contributed by atoms with Crippen molar-refractivity contribution in [2.75, 3.05) is 19.1 Å². The molecule has 0 radical (unpaired) electrons. The molecule has 0 aliphatic carbocycles. The lowest BCUT2D eigenvalue weighted by atomic mass is 10.1. The molecule has 0 atom stereocenters. The van der Waals surface area contributed by atoms with E-state index in [4.69, 9.17) is 4.74 Å². The van der Waals surface area contributed by atoms with Gasteiger partial charge in [-0.2, -0.15) is 0 Å². The summed E-state index contributed by atoms with van der Waals surface area (Å²) in [6, 6.07) is 10.3. The molecule has 0 aliphatic heterocycles. The Labute approximate surface area is 115 Å². The second-order valence-corrected chi connectivity index (χ2v) is 4.14. The van der Waals surface area contributed by atoms with Crippen LogP contribution in [0.3, 0.4) is 0 Å².